The fourth-order valence-corrected chi connectivity index (χ4v) is 4.11. The molecule has 5 heteroatoms. The highest BCUT2D eigenvalue weighted by Gasteiger charge is 2.24. The number of nitrogen functional groups attached to an aromatic ring is 2. The van der Waals surface area contributed by atoms with Crippen molar-refractivity contribution < 1.29 is 9.59 Å². The smallest absolute Gasteiger partial charge is 0.227 e. The van der Waals surface area contributed by atoms with Gasteiger partial charge >= 0.3 is 0 Å². The number of hydrogen-bond donors (Lipinski definition) is 3. The maximum Gasteiger partial charge on any atom is 0.227 e. The first-order chi connectivity index (χ1) is 14.6. The van der Waals surface area contributed by atoms with E-state index in [2.05, 4.69) is 12.2 Å². The lowest BCUT2D eigenvalue weighted by Crippen LogP contribution is -2.26. The number of benzene rings is 2. The van der Waals surface area contributed by atoms with E-state index in [9.17, 15) is 9.59 Å². The Balaban J connectivity index is 0.000000233. The Morgan fingerprint density at radius 3 is 2.19 bits per heavy atom. The van der Waals surface area contributed by atoms with Gasteiger partial charge in [0.15, 0.2) is 5.78 Å². The standard InChI is InChI=1S/C15H22N2O.C11H15NO/c1-10-3-6-12(7-4-10)15(18)17-13-8-5-11(2)14(16)9-13;1-4-10-7(2)5-9(12)6-11(10)8(3)13/h5,8-10,12H,3-4,6-7,16H2,1-2H3,(H,17,18);5-6H,4,12H2,1-3H3. The Morgan fingerprint density at radius 1 is 1.00 bits per heavy atom. The van der Waals surface area contributed by atoms with Crippen molar-refractivity contribution in [3.63, 3.8) is 0 Å². The summed E-state index contributed by atoms with van der Waals surface area (Å²) in [6.45, 7) is 9.83. The number of carbonyl (C=O) groups is 2. The van der Waals surface area contributed by atoms with Gasteiger partial charge < -0.3 is 16.8 Å². The number of nitrogens with one attached hydrogen (secondary N) is 1. The molecule has 0 radical (unpaired) electrons. The average molecular weight is 424 g/mol. The maximum absolute atomic E-state index is 12.1. The number of rotatable bonds is 4. The van der Waals surface area contributed by atoms with E-state index in [1.165, 1.54) is 0 Å². The lowest BCUT2D eigenvalue weighted by molar-refractivity contribution is -0.121. The first-order valence-electron chi connectivity index (χ1n) is 11.2. The summed E-state index contributed by atoms with van der Waals surface area (Å²) in [6, 6.07) is 9.35. The summed E-state index contributed by atoms with van der Waals surface area (Å²) in [5.41, 5.74) is 17.7. The summed E-state index contributed by atoms with van der Waals surface area (Å²) in [5, 5.41) is 2.98. The molecule has 1 fully saturated rings. The minimum absolute atomic E-state index is 0.0900. The molecule has 0 aromatic heterocycles. The lowest BCUT2D eigenvalue weighted by Gasteiger charge is -2.25. The van der Waals surface area contributed by atoms with E-state index in [1.54, 1.807) is 13.0 Å². The SMILES string of the molecule is CCc1c(C)cc(N)cc1C(C)=O.Cc1ccc(NC(=O)C2CCC(C)CC2)cc1N. The van der Waals surface area contributed by atoms with E-state index >= 15 is 0 Å². The van der Waals surface area contributed by atoms with Crippen LogP contribution in [0, 0.1) is 25.7 Å². The molecule has 0 bridgehead atoms. The van der Waals surface area contributed by atoms with Crippen molar-refractivity contribution in [1.82, 2.24) is 0 Å². The van der Waals surface area contributed by atoms with Gasteiger partial charge in [0.05, 0.1) is 0 Å². The molecule has 1 amide bonds. The molecule has 2 aromatic carbocycles. The molecule has 5 nitrogen and oxygen atoms in total. The van der Waals surface area contributed by atoms with E-state index < -0.39 is 0 Å². The molecular weight excluding hydrogens is 386 g/mol. The van der Waals surface area contributed by atoms with Gasteiger partial charge in [-0.3, -0.25) is 9.59 Å². The van der Waals surface area contributed by atoms with Crippen LogP contribution in [0.4, 0.5) is 17.1 Å². The average Bonchev–Trinajstić information content (AvgIpc) is 2.71. The van der Waals surface area contributed by atoms with Crippen molar-refractivity contribution in [3.8, 4) is 0 Å². The van der Waals surface area contributed by atoms with E-state index in [-0.39, 0.29) is 17.6 Å². The molecule has 0 unspecified atom stereocenters. The lowest BCUT2D eigenvalue weighted by atomic mass is 9.82. The normalized spacial score (nSPS) is 18.0. The second-order valence-electron chi connectivity index (χ2n) is 8.79. The van der Waals surface area contributed by atoms with Crippen LogP contribution in [0.25, 0.3) is 0 Å². The summed E-state index contributed by atoms with van der Waals surface area (Å²) in [5.74, 6) is 1.17. The third-order valence-electron chi connectivity index (χ3n) is 6.16. The molecule has 0 spiro atoms. The van der Waals surface area contributed by atoms with Crippen LogP contribution in [0.15, 0.2) is 30.3 Å². The van der Waals surface area contributed by atoms with E-state index in [1.807, 2.05) is 45.0 Å². The van der Waals surface area contributed by atoms with Crippen molar-refractivity contribution in [2.75, 3.05) is 16.8 Å². The molecule has 1 aliphatic carbocycles. The Kier molecular flexibility index (Phi) is 8.66. The molecule has 1 saturated carbocycles. The highest BCUT2D eigenvalue weighted by Crippen LogP contribution is 2.29. The van der Waals surface area contributed by atoms with Crippen molar-refractivity contribution >= 4 is 28.8 Å². The van der Waals surface area contributed by atoms with Gasteiger partial charge in [0.2, 0.25) is 5.91 Å². The van der Waals surface area contributed by atoms with Crippen LogP contribution in [0.1, 0.15) is 73.5 Å². The zero-order chi connectivity index (χ0) is 23.1. The van der Waals surface area contributed by atoms with Gasteiger partial charge in [-0.2, -0.15) is 0 Å². The van der Waals surface area contributed by atoms with Crippen LogP contribution in [0.2, 0.25) is 0 Å². The third kappa shape index (κ3) is 6.84. The predicted molar refractivity (Wildman–Crippen MR) is 130 cm³/mol. The number of ketones is 1. The molecule has 31 heavy (non-hydrogen) atoms. The molecule has 0 aliphatic heterocycles. The molecule has 1 aliphatic rings. The monoisotopic (exact) mass is 423 g/mol. The summed E-state index contributed by atoms with van der Waals surface area (Å²) >= 11 is 0. The van der Waals surface area contributed by atoms with Gasteiger partial charge in [0, 0.05) is 28.5 Å². The predicted octanol–water partition coefficient (Wildman–Crippen LogP) is 5.68. The van der Waals surface area contributed by atoms with Gasteiger partial charge in [0.1, 0.15) is 0 Å². The molecule has 2 aromatic rings. The molecule has 168 valence electrons. The van der Waals surface area contributed by atoms with Crippen LogP contribution in [0.3, 0.4) is 0 Å². The number of carbonyl (C=O) groups excluding carboxylic acids is 2. The van der Waals surface area contributed by atoms with Gasteiger partial charge in [-0.05, 0) is 99.7 Å². The quantitative estimate of drug-likeness (QED) is 0.435. The van der Waals surface area contributed by atoms with Crippen molar-refractivity contribution in [2.24, 2.45) is 11.8 Å². The summed E-state index contributed by atoms with van der Waals surface area (Å²) in [4.78, 5) is 23.4. The second-order valence-corrected chi connectivity index (χ2v) is 8.79. The number of anilines is 3. The van der Waals surface area contributed by atoms with Crippen molar-refractivity contribution in [1.29, 1.82) is 0 Å². The zero-order valence-electron chi connectivity index (χ0n) is 19.5. The van der Waals surface area contributed by atoms with Crippen LogP contribution in [-0.2, 0) is 11.2 Å². The van der Waals surface area contributed by atoms with Crippen molar-refractivity contribution in [2.45, 2.75) is 66.7 Å². The van der Waals surface area contributed by atoms with E-state index in [0.29, 0.717) is 5.69 Å². The molecule has 0 saturated heterocycles. The fourth-order valence-electron chi connectivity index (χ4n) is 4.11. The summed E-state index contributed by atoms with van der Waals surface area (Å²) in [6.07, 6.45) is 5.21. The van der Waals surface area contributed by atoms with Gasteiger partial charge in [-0.25, -0.2) is 0 Å². The number of hydrogen-bond acceptors (Lipinski definition) is 4. The summed E-state index contributed by atoms with van der Waals surface area (Å²) in [7, 11) is 0. The Morgan fingerprint density at radius 2 is 1.65 bits per heavy atom. The topological polar surface area (TPSA) is 98.2 Å². The highest BCUT2D eigenvalue weighted by molar-refractivity contribution is 5.96. The number of Topliss-reactive ketones (excluding diaryl/α,β-unsaturated/α-hetero) is 1. The first kappa shape index (κ1) is 24.4. The zero-order valence-corrected chi connectivity index (χ0v) is 19.5. The minimum atomic E-state index is 0.0900. The maximum atomic E-state index is 12.1. The van der Waals surface area contributed by atoms with Gasteiger partial charge in [-0.15, -0.1) is 0 Å². The Hall–Kier alpha value is -2.82. The van der Waals surface area contributed by atoms with Crippen LogP contribution >= 0.6 is 0 Å². The van der Waals surface area contributed by atoms with Crippen LogP contribution in [-0.4, -0.2) is 11.7 Å². The highest BCUT2D eigenvalue weighted by atomic mass is 16.2. The number of amides is 1. The second kappa shape index (κ2) is 11.0. The van der Waals surface area contributed by atoms with Gasteiger partial charge in [0.25, 0.3) is 0 Å². The number of aryl methyl sites for hydroxylation is 2. The molecule has 0 atom stereocenters. The Labute approximate surface area is 186 Å². The van der Waals surface area contributed by atoms with Crippen molar-refractivity contribution in [3.05, 3.63) is 52.6 Å². The molecular formula is C26H37N3O2. The Bertz CT molecular complexity index is 928. The minimum Gasteiger partial charge on any atom is -0.399 e. The third-order valence-corrected chi connectivity index (χ3v) is 6.16. The number of nitrogens with two attached hydrogens (primary N) is 2. The molecule has 3 rings (SSSR count). The van der Waals surface area contributed by atoms with Gasteiger partial charge in [-0.1, -0.05) is 19.9 Å². The van der Waals surface area contributed by atoms with Crippen LogP contribution < -0.4 is 16.8 Å². The molecule has 0 heterocycles. The molecule has 5 N–H and O–H groups in total. The van der Waals surface area contributed by atoms with E-state index in [0.717, 1.165) is 71.7 Å². The fraction of sp³-hybridized carbons (Fsp3) is 0.462. The first-order valence-corrected chi connectivity index (χ1v) is 11.2. The largest absolute Gasteiger partial charge is 0.399 e. The summed E-state index contributed by atoms with van der Waals surface area (Å²) < 4.78 is 0. The van der Waals surface area contributed by atoms with E-state index in [4.69, 9.17) is 11.5 Å². The van der Waals surface area contributed by atoms with Crippen LogP contribution in [0.5, 0.6) is 0 Å².